The lowest BCUT2D eigenvalue weighted by atomic mass is 10.0. The number of rotatable bonds is 11. The minimum Gasteiger partial charge on any atom is -0.490 e. The summed E-state index contributed by atoms with van der Waals surface area (Å²) >= 11 is 0. The molecule has 1 unspecified atom stereocenters. The van der Waals surface area contributed by atoms with E-state index in [2.05, 4.69) is 5.32 Å². The molecule has 4 nitrogen and oxygen atoms in total. The fourth-order valence-electron chi connectivity index (χ4n) is 2.29. The number of carbonyl (C=O) groups excluding carboxylic acids is 1. The summed E-state index contributed by atoms with van der Waals surface area (Å²) in [5.74, 6) is 0.0779. The van der Waals surface area contributed by atoms with Gasteiger partial charge in [-0.1, -0.05) is 49.3 Å². The average molecular weight is 383 g/mol. The van der Waals surface area contributed by atoms with Crippen molar-refractivity contribution in [2.45, 2.75) is 32.3 Å². The molecule has 0 aliphatic heterocycles. The van der Waals surface area contributed by atoms with Crippen molar-refractivity contribution in [1.82, 2.24) is 5.32 Å². The van der Waals surface area contributed by atoms with Crippen LogP contribution in [0.25, 0.3) is 0 Å². The number of hydrogen-bond donors (Lipinski definition) is 2. The molecular weight excluding hydrogens is 350 g/mol. The number of benzene rings is 2. The van der Waals surface area contributed by atoms with Gasteiger partial charge in [-0.15, -0.1) is 12.4 Å². The number of ketones is 1. The Morgan fingerprint density at radius 2 is 2.00 bits per heavy atom. The van der Waals surface area contributed by atoms with Crippen LogP contribution in [-0.4, -0.2) is 36.7 Å². The molecule has 0 aliphatic carbocycles. The second-order valence-corrected chi connectivity index (χ2v) is 5.69. The van der Waals surface area contributed by atoms with Crippen LogP contribution in [0.4, 0.5) is 0 Å². The second-order valence-electron chi connectivity index (χ2n) is 5.69. The van der Waals surface area contributed by atoms with E-state index < -0.39 is 24.2 Å². The van der Waals surface area contributed by atoms with Gasteiger partial charge in [0.05, 0.1) is 12.4 Å². The minimum atomic E-state index is -0.717. The smallest absolute Gasteiger partial charge is 0.166 e. The summed E-state index contributed by atoms with van der Waals surface area (Å²) < 4.78 is 44.7. The molecule has 0 heterocycles. The zero-order valence-electron chi connectivity index (χ0n) is 19.8. The van der Waals surface area contributed by atoms with E-state index in [9.17, 15) is 9.90 Å². The Balaban J connectivity index is 0.00000480. The summed E-state index contributed by atoms with van der Waals surface area (Å²) in [6.45, 7) is 3.25. The molecule has 0 saturated carbocycles. The van der Waals surface area contributed by atoms with Crippen LogP contribution in [0.15, 0.2) is 54.5 Å². The normalized spacial score (nSPS) is 14.2. The van der Waals surface area contributed by atoms with Crippen molar-refractivity contribution in [3.05, 3.63) is 65.6 Å². The SMILES string of the molecule is Cl.[2H]c1c([2H])c([2H])c(CCC(=O)c2ccccc2OCC(O)CNCCC)c([2H])c1[2H]. The molecule has 0 aliphatic rings. The molecule has 0 fully saturated rings. The van der Waals surface area contributed by atoms with Gasteiger partial charge in [0.2, 0.25) is 0 Å². The first-order chi connectivity index (χ1) is 14.3. The molecule has 0 spiro atoms. The summed E-state index contributed by atoms with van der Waals surface area (Å²) in [5, 5.41) is 13.1. The summed E-state index contributed by atoms with van der Waals surface area (Å²) in [6, 6.07) is 4.83. The van der Waals surface area contributed by atoms with E-state index in [1.54, 1.807) is 24.3 Å². The van der Waals surface area contributed by atoms with Crippen molar-refractivity contribution >= 4 is 18.2 Å². The Labute approximate surface area is 169 Å². The maximum absolute atomic E-state index is 12.7. The molecule has 0 saturated heterocycles. The number of Topliss-reactive ketones (excluding diaryl/α,β-unsaturated/α-hetero) is 1. The lowest BCUT2D eigenvalue weighted by molar-refractivity contribution is 0.0950. The van der Waals surface area contributed by atoms with E-state index in [4.69, 9.17) is 11.6 Å². The van der Waals surface area contributed by atoms with Gasteiger partial charge in [-0.3, -0.25) is 4.79 Å². The Bertz CT molecular complexity index is 869. The zero-order chi connectivity index (χ0) is 22.3. The van der Waals surface area contributed by atoms with Crippen LogP contribution >= 0.6 is 12.4 Å². The minimum absolute atomic E-state index is 0. The van der Waals surface area contributed by atoms with Crippen molar-refractivity contribution in [1.29, 1.82) is 0 Å². The highest BCUT2D eigenvalue weighted by molar-refractivity contribution is 5.98. The van der Waals surface area contributed by atoms with Gasteiger partial charge < -0.3 is 15.2 Å². The van der Waals surface area contributed by atoms with Gasteiger partial charge in [-0.2, -0.15) is 0 Å². The molecule has 1 atom stereocenters. The van der Waals surface area contributed by atoms with Crippen LogP contribution in [0.2, 0.25) is 0 Å². The third-order valence-corrected chi connectivity index (χ3v) is 3.58. The maximum atomic E-state index is 12.7. The number of carbonyl (C=O) groups is 1. The monoisotopic (exact) mass is 382 g/mol. The molecule has 2 aromatic rings. The van der Waals surface area contributed by atoms with E-state index in [0.717, 1.165) is 13.0 Å². The fraction of sp³-hybridized carbons (Fsp3) is 0.381. The molecule has 0 amide bonds. The lowest BCUT2D eigenvalue weighted by Gasteiger charge is -2.15. The first-order valence-corrected chi connectivity index (χ1v) is 8.47. The van der Waals surface area contributed by atoms with Crippen LogP contribution in [-0.2, 0) is 6.42 Å². The summed E-state index contributed by atoms with van der Waals surface area (Å²) in [6.07, 6.45) is 0.228. The Morgan fingerprint density at radius 1 is 1.27 bits per heavy atom. The molecule has 0 aromatic heterocycles. The number of ether oxygens (including phenoxy) is 1. The predicted molar refractivity (Wildman–Crippen MR) is 107 cm³/mol. The van der Waals surface area contributed by atoms with Crippen molar-refractivity contribution in [3.63, 3.8) is 0 Å². The van der Waals surface area contributed by atoms with Crippen molar-refractivity contribution in [2.75, 3.05) is 19.7 Å². The van der Waals surface area contributed by atoms with Gasteiger partial charge >= 0.3 is 0 Å². The number of nitrogens with one attached hydrogen (secondary N) is 1. The third kappa shape index (κ3) is 7.56. The van der Waals surface area contributed by atoms with Crippen LogP contribution in [0.5, 0.6) is 5.75 Å². The number of aliphatic hydroxyl groups is 1. The molecule has 2 rings (SSSR count). The molecule has 26 heavy (non-hydrogen) atoms. The summed E-state index contributed by atoms with van der Waals surface area (Å²) in [5.41, 5.74) is 0.448. The van der Waals surface area contributed by atoms with Crippen LogP contribution in [0, 0.1) is 0 Å². The predicted octanol–water partition coefficient (Wildman–Crippen LogP) is 3.66. The average Bonchev–Trinajstić information content (AvgIpc) is 2.75. The van der Waals surface area contributed by atoms with E-state index in [0.29, 0.717) is 17.9 Å². The highest BCUT2D eigenvalue weighted by atomic mass is 35.5. The number of hydrogen-bond acceptors (Lipinski definition) is 4. The van der Waals surface area contributed by atoms with Gasteiger partial charge in [-0.25, -0.2) is 0 Å². The first kappa shape index (κ1) is 15.2. The molecule has 5 heteroatoms. The zero-order valence-corrected chi connectivity index (χ0v) is 15.6. The Hall–Kier alpha value is -1.88. The van der Waals surface area contributed by atoms with Gasteiger partial charge in [0, 0.05) is 13.0 Å². The fourth-order valence-corrected chi connectivity index (χ4v) is 2.29. The first-order valence-electron chi connectivity index (χ1n) is 11.0. The van der Waals surface area contributed by atoms with Gasteiger partial charge in [0.15, 0.2) is 5.78 Å². The van der Waals surface area contributed by atoms with Gasteiger partial charge in [0.25, 0.3) is 0 Å². The van der Waals surface area contributed by atoms with Crippen LogP contribution in [0.1, 0.15) is 42.5 Å². The van der Waals surface area contributed by atoms with Crippen LogP contribution < -0.4 is 10.1 Å². The summed E-state index contributed by atoms with van der Waals surface area (Å²) in [4.78, 5) is 12.7. The quantitative estimate of drug-likeness (QED) is 0.460. The van der Waals surface area contributed by atoms with E-state index >= 15 is 0 Å². The van der Waals surface area contributed by atoms with Gasteiger partial charge in [-0.05, 0) is 37.1 Å². The largest absolute Gasteiger partial charge is 0.490 e. The Morgan fingerprint density at radius 3 is 2.73 bits per heavy atom. The van der Waals surface area contributed by atoms with Crippen molar-refractivity contribution < 1.29 is 21.5 Å². The molecule has 2 N–H and O–H groups in total. The number of halogens is 1. The Kier molecular flexibility index (Phi) is 7.29. The van der Waals surface area contributed by atoms with Crippen LogP contribution in [0.3, 0.4) is 0 Å². The second kappa shape index (κ2) is 12.5. The molecule has 0 radical (unpaired) electrons. The standard InChI is InChI=1S/C21H27NO3.ClH/c1-2-14-22-15-18(23)16-25-21-11-7-6-10-19(21)20(24)13-12-17-8-4-3-5-9-17;/h3-11,18,22-23H,2,12-16H2,1H3;1H/i3D,4D,5D,8D,9D;. The molecule has 0 bridgehead atoms. The number of aliphatic hydroxyl groups excluding tert-OH is 1. The molecule has 2 aromatic carbocycles. The molecule has 142 valence electrons. The highest BCUT2D eigenvalue weighted by Crippen LogP contribution is 2.20. The van der Waals surface area contributed by atoms with Crippen molar-refractivity contribution in [2.24, 2.45) is 0 Å². The maximum Gasteiger partial charge on any atom is 0.166 e. The van der Waals surface area contributed by atoms with E-state index in [1.807, 2.05) is 6.92 Å². The van der Waals surface area contributed by atoms with E-state index in [1.165, 1.54) is 0 Å². The van der Waals surface area contributed by atoms with E-state index in [-0.39, 0.29) is 55.3 Å². The highest BCUT2D eigenvalue weighted by Gasteiger charge is 2.13. The topological polar surface area (TPSA) is 58.6 Å². The lowest BCUT2D eigenvalue weighted by Crippen LogP contribution is -2.32. The third-order valence-electron chi connectivity index (χ3n) is 3.58. The number of para-hydroxylation sites is 1. The molecular formula is C21H28ClNO3. The van der Waals surface area contributed by atoms with Gasteiger partial charge in [0.1, 0.15) is 18.5 Å². The van der Waals surface area contributed by atoms with Crippen molar-refractivity contribution in [3.8, 4) is 5.75 Å². The summed E-state index contributed by atoms with van der Waals surface area (Å²) in [7, 11) is 0.